The van der Waals surface area contributed by atoms with Crippen LogP contribution in [0.2, 0.25) is 0 Å². The van der Waals surface area contributed by atoms with Gasteiger partial charge in [-0.25, -0.2) is 0 Å². The molecule has 1 saturated carbocycles. The van der Waals surface area contributed by atoms with E-state index < -0.39 is 0 Å². The molecule has 0 unspecified atom stereocenters. The summed E-state index contributed by atoms with van der Waals surface area (Å²) < 4.78 is 0. The Morgan fingerprint density at radius 2 is 2.05 bits per heavy atom. The highest BCUT2D eigenvalue weighted by Gasteiger charge is 2.23. The van der Waals surface area contributed by atoms with E-state index in [0.29, 0.717) is 6.42 Å². The molecule has 0 spiro atoms. The lowest BCUT2D eigenvalue weighted by Gasteiger charge is -2.34. The van der Waals surface area contributed by atoms with Gasteiger partial charge in [-0.1, -0.05) is 25.7 Å². The van der Waals surface area contributed by atoms with Crippen molar-refractivity contribution in [3.05, 3.63) is 0 Å². The van der Waals surface area contributed by atoms with Gasteiger partial charge in [0.2, 0.25) is 11.8 Å². The van der Waals surface area contributed by atoms with E-state index in [4.69, 9.17) is 0 Å². The summed E-state index contributed by atoms with van der Waals surface area (Å²) in [7, 11) is 0. The third-order valence-electron chi connectivity index (χ3n) is 4.51. The highest BCUT2D eigenvalue weighted by Crippen LogP contribution is 2.28. The fourth-order valence-electron chi connectivity index (χ4n) is 3.21. The second-order valence-electron chi connectivity index (χ2n) is 6.11. The van der Waals surface area contributed by atoms with Crippen LogP contribution in [0.1, 0.15) is 45.4 Å². The lowest BCUT2D eigenvalue weighted by atomic mass is 10.0. The SMILES string of the molecule is C[C@@H]1CNCCN1C(=O)CNC(=O)CCC1CCCC1. The van der Waals surface area contributed by atoms with Crippen LogP contribution in [-0.4, -0.2) is 48.9 Å². The van der Waals surface area contributed by atoms with Gasteiger partial charge in [0, 0.05) is 32.1 Å². The van der Waals surface area contributed by atoms with E-state index in [0.717, 1.165) is 32.0 Å². The van der Waals surface area contributed by atoms with E-state index >= 15 is 0 Å². The highest BCUT2D eigenvalue weighted by atomic mass is 16.2. The van der Waals surface area contributed by atoms with Crippen molar-refractivity contribution in [3.8, 4) is 0 Å². The number of piperazine rings is 1. The minimum Gasteiger partial charge on any atom is -0.347 e. The molecule has 5 heteroatoms. The minimum absolute atomic E-state index is 0.0213. The summed E-state index contributed by atoms with van der Waals surface area (Å²) in [6.45, 7) is 4.59. The molecular weight excluding hydrogens is 254 g/mol. The Balaban J connectivity index is 1.63. The second kappa shape index (κ2) is 7.62. The van der Waals surface area contributed by atoms with Gasteiger partial charge in [-0.15, -0.1) is 0 Å². The number of hydrogen-bond donors (Lipinski definition) is 2. The molecule has 1 atom stereocenters. The second-order valence-corrected chi connectivity index (χ2v) is 6.11. The zero-order chi connectivity index (χ0) is 14.4. The monoisotopic (exact) mass is 281 g/mol. The molecule has 0 aromatic heterocycles. The first-order valence-corrected chi connectivity index (χ1v) is 7.93. The van der Waals surface area contributed by atoms with Gasteiger partial charge < -0.3 is 15.5 Å². The van der Waals surface area contributed by atoms with Crippen LogP contribution < -0.4 is 10.6 Å². The Morgan fingerprint density at radius 3 is 2.75 bits per heavy atom. The predicted octanol–water partition coefficient (Wildman–Crippen LogP) is 0.893. The number of hydrogen-bond acceptors (Lipinski definition) is 3. The maximum Gasteiger partial charge on any atom is 0.242 e. The summed E-state index contributed by atoms with van der Waals surface area (Å²) in [5, 5.41) is 6.03. The smallest absolute Gasteiger partial charge is 0.242 e. The first-order valence-electron chi connectivity index (χ1n) is 7.93. The molecule has 2 fully saturated rings. The number of rotatable bonds is 5. The molecule has 1 aliphatic heterocycles. The molecule has 0 radical (unpaired) electrons. The summed E-state index contributed by atoms with van der Waals surface area (Å²) in [6.07, 6.45) is 6.70. The van der Waals surface area contributed by atoms with Crippen molar-refractivity contribution in [2.75, 3.05) is 26.2 Å². The summed E-state index contributed by atoms with van der Waals surface area (Å²) in [5.41, 5.74) is 0. The van der Waals surface area contributed by atoms with Gasteiger partial charge >= 0.3 is 0 Å². The van der Waals surface area contributed by atoms with Crippen molar-refractivity contribution < 1.29 is 9.59 Å². The maximum absolute atomic E-state index is 12.1. The molecule has 5 nitrogen and oxygen atoms in total. The minimum atomic E-state index is 0.0213. The van der Waals surface area contributed by atoms with Crippen molar-refractivity contribution in [1.82, 2.24) is 15.5 Å². The quantitative estimate of drug-likeness (QED) is 0.787. The molecule has 0 aromatic carbocycles. The Morgan fingerprint density at radius 1 is 1.30 bits per heavy atom. The van der Waals surface area contributed by atoms with E-state index in [9.17, 15) is 9.59 Å². The largest absolute Gasteiger partial charge is 0.347 e. The van der Waals surface area contributed by atoms with Gasteiger partial charge in [-0.05, 0) is 19.3 Å². The standard InChI is InChI=1S/C15H27N3O2/c1-12-10-16-8-9-18(12)15(20)11-17-14(19)7-6-13-4-2-3-5-13/h12-13,16H,2-11H2,1H3,(H,17,19)/t12-/m1/s1. The van der Waals surface area contributed by atoms with Gasteiger partial charge in [0.1, 0.15) is 0 Å². The van der Waals surface area contributed by atoms with E-state index in [-0.39, 0.29) is 24.4 Å². The number of carbonyl (C=O) groups excluding carboxylic acids is 2. The van der Waals surface area contributed by atoms with Crippen LogP contribution in [0.3, 0.4) is 0 Å². The van der Waals surface area contributed by atoms with E-state index in [2.05, 4.69) is 10.6 Å². The molecule has 2 amide bonds. The summed E-state index contributed by atoms with van der Waals surface area (Å²) in [4.78, 5) is 25.7. The van der Waals surface area contributed by atoms with Crippen molar-refractivity contribution >= 4 is 11.8 Å². The van der Waals surface area contributed by atoms with Crippen LogP contribution >= 0.6 is 0 Å². The first-order chi connectivity index (χ1) is 9.66. The van der Waals surface area contributed by atoms with Crippen LogP contribution in [0.15, 0.2) is 0 Å². The van der Waals surface area contributed by atoms with Crippen molar-refractivity contribution in [2.24, 2.45) is 5.92 Å². The molecule has 0 aromatic rings. The van der Waals surface area contributed by atoms with Gasteiger partial charge in [-0.2, -0.15) is 0 Å². The summed E-state index contributed by atoms with van der Waals surface area (Å²) >= 11 is 0. The van der Waals surface area contributed by atoms with Crippen molar-refractivity contribution in [1.29, 1.82) is 0 Å². The average molecular weight is 281 g/mol. The van der Waals surface area contributed by atoms with E-state index in [1.807, 2.05) is 11.8 Å². The number of nitrogens with one attached hydrogen (secondary N) is 2. The number of nitrogens with zero attached hydrogens (tertiary/aromatic N) is 1. The van der Waals surface area contributed by atoms with E-state index in [1.165, 1.54) is 25.7 Å². The lowest BCUT2D eigenvalue weighted by molar-refractivity contribution is -0.135. The first kappa shape index (κ1) is 15.3. The Kier molecular flexibility index (Phi) is 5.83. The molecule has 1 aliphatic carbocycles. The Hall–Kier alpha value is -1.10. The maximum atomic E-state index is 12.1. The molecule has 0 bridgehead atoms. The third kappa shape index (κ3) is 4.47. The van der Waals surface area contributed by atoms with Gasteiger partial charge in [-0.3, -0.25) is 9.59 Å². The summed E-state index contributed by atoms with van der Waals surface area (Å²) in [6, 6.07) is 0.214. The molecular formula is C15H27N3O2. The molecule has 114 valence electrons. The third-order valence-corrected chi connectivity index (χ3v) is 4.51. The number of amides is 2. The topological polar surface area (TPSA) is 61.4 Å². The fourth-order valence-corrected chi connectivity index (χ4v) is 3.21. The summed E-state index contributed by atoms with van der Waals surface area (Å²) in [5.74, 6) is 0.783. The molecule has 20 heavy (non-hydrogen) atoms. The molecule has 2 aliphatic rings. The van der Waals surface area contributed by atoms with Crippen LogP contribution in [0.4, 0.5) is 0 Å². The molecule has 2 N–H and O–H groups in total. The molecule has 1 heterocycles. The van der Waals surface area contributed by atoms with Crippen LogP contribution in [0.25, 0.3) is 0 Å². The average Bonchev–Trinajstić information content (AvgIpc) is 2.96. The van der Waals surface area contributed by atoms with E-state index in [1.54, 1.807) is 0 Å². The molecule has 1 saturated heterocycles. The van der Waals surface area contributed by atoms with Crippen LogP contribution in [0, 0.1) is 5.92 Å². The van der Waals surface area contributed by atoms with Crippen LogP contribution in [0.5, 0.6) is 0 Å². The normalized spacial score (nSPS) is 23.9. The van der Waals surface area contributed by atoms with Gasteiger partial charge in [0.15, 0.2) is 0 Å². The zero-order valence-corrected chi connectivity index (χ0v) is 12.5. The predicted molar refractivity (Wildman–Crippen MR) is 78.2 cm³/mol. The zero-order valence-electron chi connectivity index (χ0n) is 12.5. The van der Waals surface area contributed by atoms with Crippen molar-refractivity contribution in [3.63, 3.8) is 0 Å². The highest BCUT2D eigenvalue weighted by molar-refractivity contribution is 5.84. The fraction of sp³-hybridized carbons (Fsp3) is 0.867. The van der Waals surface area contributed by atoms with Crippen molar-refractivity contribution in [2.45, 2.75) is 51.5 Å². The van der Waals surface area contributed by atoms with Gasteiger partial charge in [0.25, 0.3) is 0 Å². The number of carbonyl (C=O) groups is 2. The van der Waals surface area contributed by atoms with Crippen LogP contribution in [-0.2, 0) is 9.59 Å². The Bertz CT molecular complexity index is 340. The molecule has 2 rings (SSSR count). The lowest BCUT2D eigenvalue weighted by Crippen LogP contribution is -2.54. The van der Waals surface area contributed by atoms with Gasteiger partial charge in [0.05, 0.1) is 6.54 Å². The Labute approximate surface area is 121 Å².